The molecule has 2 N–H and O–H groups in total. The van der Waals surface area contributed by atoms with Gasteiger partial charge in [-0.1, -0.05) is 6.92 Å². The van der Waals surface area contributed by atoms with E-state index in [4.69, 9.17) is 4.98 Å². The van der Waals surface area contributed by atoms with Crippen LogP contribution in [0, 0.1) is 12.8 Å². The molecule has 4 heteroatoms. The lowest BCUT2D eigenvalue weighted by atomic mass is 9.77. The molecule has 16 heavy (non-hydrogen) atoms. The molecule has 0 aromatic carbocycles. The zero-order valence-electron chi connectivity index (χ0n) is 10.3. The van der Waals surface area contributed by atoms with E-state index in [1.165, 1.54) is 11.4 Å². The van der Waals surface area contributed by atoms with Crippen LogP contribution in [0.25, 0.3) is 0 Å². The van der Waals surface area contributed by atoms with Crippen molar-refractivity contribution < 1.29 is 0 Å². The van der Waals surface area contributed by atoms with Crippen molar-refractivity contribution in [1.29, 1.82) is 0 Å². The Morgan fingerprint density at radius 2 is 2.50 bits per heavy atom. The molecule has 2 atom stereocenters. The number of piperidine rings is 1. The third kappa shape index (κ3) is 1.90. The van der Waals surface area contributed by atoms with E-state index in [1.807, 2.05) is 0 Å². The Hall–Kier alpha value is -0.450. The first-order chi connectivity index (χ1) is 7.73. The van der Waals surface area contributed by atoms with Crippen molar-refractivity contribution in [2.75, 3.05) is 20.1 Å². The molecule has 2 heterocycles. The van der Waals surface area contributed by atoms with Gasteiger partial charge in [0.05, 0.1) is 5.54 Å². The van der Waals surface area contributed by atoms with Crippen LogP contribution in [0.15, 0.2) is 5.38 Å². The van der Waals surface area contributed by atoms with E-state index in [2.05, 4.69) is 36.9 Å². The predicted octanol–water partition coefficient (Wildman–Crippen LogP) is 1.89. The molecule has 1 aliphatic rings. The van der Waals surface area contributed by atoms with Crippen LogP contribution in [0.2, 0.25) is 0 Å². The third-order valence-electron chi connectivity index (χ3n) is 3.72. The van der Waals surface area contributed by atoms with Crippen molar-refractivity contribution in [2.45, 2.75) is 32.2 Å². The molecular weight excluding hydrogens is 218 g/mol. The summed E-state index contributed by atoms with van der Waals surface area (Å²) in [6.45, 7) is 6.52. The third-order valence-corrected chi connectivity index (χ3v) is 4.86. The minimum absolute atomic E-state index is 0.0962. The first kappa shape index (κ1) is 12.0. The molecule has 0 aliphatic carbocycles. The van der Waals surface area contributed by atoms with Gasteiger partial charge >= 0.3 is 0 Å². The fourth-order valence-electron chi connectivity index (χ4n) is 2.71. The van der Waals surface area contributed by atoms with Crippen LogP contribution in [0.1, 0.15) is 30.5 Å². The first-order valence-corrected chi connectivity index (χ1v) is 6.93. The monoisotopic (exact) mass is 239 g/mol. The number of aromatic nitrogens is 1. The second kappa shape index (κ2) is 4.82. The lowest BCUT2D eigenvalue weighted by molar-refractivity contribution is 0.160. The molecule has 1 aliphatic heterocycles. The maximum absolute atomic E-state index is 4.70. The number of nitrogens with one attached hydrogen (secondary N) is 2. The summed E-state index contributed by atoms with van der Waals surface area (Å²) in [5.41, 5.74) is 1.24. The van der Waals surface area contributed by atoms with Gasteiger partial charge in [-0.3, -0.25) is 0 Å². The fourth-order valence-corrected chi connectivity index (χ4v) is 3.82. The maximum atomic E-state index is 4.70. The van der Waals surface area contributed by atoms with Crippen molar-refractivity contribution in [2.24, 2.45) is 5.92 Å². The topological polar surface area (TPSA) is 37.0 Å². The Morgan fingerprint density at radius 3 is 3.06 bits per heavy atom. The lowest BCUT2D eigenvalue weighted by Gasteiger charge is -2.42. The van der Waals surface area contributed by atoms with Gasteiger partial charge < -0.3 is 10.6 Å². The van der Waals surface area contributed by atoms with E-state index >= 15 is 0 Å². The first-order valence-electron chi connectivity index (χ1n) is 6.05. The Balaban J connectivity index is 2.35. The van der Waals surface area contributed by atoms with Gasteiger partial charge in [0.25, 0.3) is 0 Å². The molecule has 0 amide bonds. The maximum Gasteiger partial charge on any atom is 0.113 e. The average Bonchev–Trinajstić information content (AvgIpc) is 2.76. The van der Waals surface area contributed by atoms with Gasteiger partial charge in [0.1, 0.15) is 5.01 Å². The summed E-state index contributed by atoms with van der Waals surface area (Å²) in [6, 6.07) is 0. The molecule has 0 saturated carbocycles. The van der Waals surface area contributed by atoms with E-state index < -0.39 is 0 Å². The van der Waals surface area contributed by atoms with Crippen molar-refractivity contribution in [3.63, 3.8) is 0 Å². The Bertz CT molecular complexity index is 350. The summed E-state index contributed by atoms with van der Waals surface area (Å²) in [6.07, 6.45) is 2.32. The van der Waals surface area contributed by atoms with E-state index in [1.54, 1.807) is 11.3 Å². The highest BCUT2D eigenvalue weighted by Crippen LogP contribution is 2.38. The van der Waals surface area contributed by atoms with E-state index in [-0.39, 0.29) is 5.54 Å². The summed E-state index contributed by atoms with van der Waals surface area (Å²) in [4.78, 5) is 4.70. The SMILES string of the molecule is CCC1CNCCC1(NC)c1nc(C)cs1. The molecule has 1 saturated heterocycles. The highest BCUT2D eigenvalue weighted by molar-refractivity contribution is 7.09. The quantitative estimate of drug-likeness (QED) is 0.846. The number of nitrogens with zero attached hydrogens (tertiary/aromatic N) is 1. The number of hydrogen-bond acceptors (Lipinski definition) is 4. The number of hydrogen-bond donors (Lipinski definition) is 2. The molecule has 2 rings (SSSR count). The van der Waals surface area contributed by atoms with Crippen LogP contribution in [0.4, 0.5) is 0 Å². The summed E-state index contributed by atoms with van der Waals surface area (Å²) in [7, 11) is 2.07. The second-order valence-electron chi connectivity index (χ2n) is 4.57. The van der Waals surface area contributed by atoms with Crippen LogP contribution in [-0.2, 0) is 5.54 Å². The molecule has 1 aromatic rings. The molecule has 3 nitrogen and oxygen atoms in total. The minimum atomic E-state index is 0.0962. The van der Waals surface area contributed by atoms with Crippen LogP contribution < -0.4 is 10.6 Å². The van der Waals surface area contributed by atoms with Gasteiger partial charge in [-0.25, -0.2) is 4.98 Å². The smallest absolute Gasteiger partial charge is 0.113 e. The molecule has 90 valence electrons. The number of rotatable bonds is 3. The second-order valence-corrected chi connectivity index (χ2v) is 5.43. The zero-order chi connectivity index (χ0) is 11.6. The fraction of sp³-hybridized carbons (Fsp3) is 0.750. The summed E-state index contributed by atoms with van der Waals surface area (Å²) >= 11 is 1.80. The normalized spacial score (nSPS) is 30.6. The van der Waals surface area contributed by atoms with E-state index in [0.29, 0.717) is 5.92 Å². The Kier molecular flexibility index (Phi) is 3.62. The van der Waals surface area contributed by atoms with Gasteiger partial charge in [0, 0.05) is 17.6 Å². The van der Waals surface area contributed by atoms with Crippen LogP contribution >= 0.6 is 11.3 Å². The highest BCUT2D eigenvalue weighted by Gasteiger charge is 2.42. The molecule has 0 radical (unpaired) electrons. The van der Waals surface area contributed by atoms with Crippen molar-refractivity contribution >= 4 is 11.3 Å². The van der Waals surface area contributed by atoms with Gasteiger partial charge in [-0.2, -0.15) is 0 Å². The number of thiazole rings is 1. The molecule has 2 unspecified atom stereocenters. The standard InChI is InChI=1S/C12H21N3S/c1-4-10-7-14-6-5-12(10,13-3)11-15-9(2)8-16-11/h8,10,13-14H,4-7H2,1-3H3. The Morgan fingerprint density at radius 1 is 1.69 bits per heavy atom. The van der Waals surface area contributed by atoms with Crippen LogP contribution in [0.5, 0.6) is 0 Å². The average molecular weight is 239 g/mol. The summed E-state index contributed by atoms with van der Waals surface area (Å²) < 4.78 is 0. The van der Waals surface area contributed by atoms with Gasteiger partial charge in [-0.05, 0) is 39.3 Å². The molecule has 1 fully saturated rings. The summed E-state index contributed by atoms with van der Waals surface area (Å²) in [5.74, 6) is 0.636. The van der Waals surface area contributed by atoms with Gasteiger partial charge in [-0.15, -0.1) is 11.3 Å². The lowest BCUT2D eigenvalue weighted by Crippen LogP contribution is -2.55. The van der Waals surface area contributed by atoms with E-state index in [9.17, 15) is 0 Å². The zero-order valence-corrected chi connectivity index (χ0v) is 11.2. The molecule has 0 bridgehead atoms. The van der Waals surface area contributed by atoms with Crippen LogP contribution in [0.3, 0.4) is 0 Å². The number of aryl methyl sites for hydroxylation is 1. The van der Waals surface area contributed by atoms with Crippen molar-refractivity contribution in [1.82, 2.24) is 15.6 Å². The van der Waals surface area contributed by atoms with Crippen molar-refractivity contribution in [3.05, 3.63) is 16.1 Å². The van der Waals surface area contributed by atoms with Gasteiger partial charge in [0.15, 0.2) is 0 Å². The molecule has 0 spiro atoms. The molecular formula is C12H21N3S. The van der Waals surface area contributed by atoms with Crippen molar-refractivity contribution in [3.8, 4) is 0 Å². The largest absolute Gasteiger partial charge is 0.316 e. The Labute approximate surface area is 102 Å². The molecule has 1 aromatic heterocycles. The minimum Gasteiger partial charge on any atom is -0.316 e. The predicted molar refractivity (Wildman–Crippen MR) is 68.9 cm³/mol. The van der Waals surface area contributed by atoms with Crippen LogP contribution in [-0.4, -0.2) is 25.1 Å². The summed E-state index contributed by atoms with van der Waals surface area (Å²) in [5, 5.41) is 10.5. The van der Waals surface area contributed by atoms with Gasteiger partial charge in [0.2, 0.25) is 0 Å². The van der Waals surface area contributed by atoms with E-state index in [0.717, 1.165) is 25.2 Å². The highest BCUT2D eigenvalue weighted by atomic mass is 32.1.